The number of carbonyl (C=O) groups excluding carboxylic acids is 3. The van der Waals surface area contributed by atoms with Crippen molar-refractivity contribution in [3.05, 3.63) is 118 Å². The molecule has 0 N–H and O–H groups in total. The second-order valence-corrected chi connectivity index (χ2v) is 13.1. The fourth-order valence-electron chi connectivity index (χ4n) is 5.37. The van der Waals surface area contributed by atoms with Gasteiger partial charge in [0.1, 0.15) is 12.4 Å². The molecule has 0 fully saturated rings. The van der Waals surface area contributed by atoms with Gasteiger partial charge < -0.3 is 28.4 Å². The van der Waals surface area contributed by atoms with E-state index in [1.807, 2.05) is 24.3 Å². The number of allylic oxidation sites excluding steroid dienone is 1. The molecule has 0 aliphatic carbocycles. The molecular formula is C38H37BrN2O10S. The molecule has 0 spiro atoms. The van der Waals surface area contributed by atoms with E-state index in [0.29, 0.717) is 61.1 Å². The minimum atomic E-state index is -0.889. The summed E-state index contributed by atoms with van der Waals surface area (Å²) in [7, 11) is 1.27. The third-order valence-corrected chi connectivity index (χ3v) is 9.39. The van der Waals surface area contributed by atoms with Crippen molar-refractivity contribution in [2.45, 2.75) is 40.3 Å². The maximum absolute atomic E-state index is 14.2. The van der Waals surface area contributed by atoms with Gasteiger partial charge in [0.15, 0.2) is 22.9 Å². The van der Waals surface area contributed by atoms with Crippen LogP contribution in [0.4, 0.5) is 0 Å². The lowest BCUT2D eigenvalue weighted by Gasteiger charge is -2.25. The van der Waals surface area contributed by atoms with Crippen LogP contribution in [0.25, 0.3) is 6.08 Å². The maximum atomic E-state index is 14.2. The molecule has 0 unspecified atom stereocenters. The first-order valence-corrected chi connectivity index (χ1v) is 18.0. The van der Waals surface area contributed by atoms with Gasteiger partial charge in [-0.3, -0.25) is 9.36 Å². The molecule has 0 amide bonds. The summed E-state index contributed by atoms with van der Waals surface area (Å²) in [6, 6.07) is 16.6. The van der Waals surface area contributed by atoms with Crippen molar-refractivity contribution in [3.8, 4) is 17.2 Å². The van der Waals surface area contributed by atoms with Crippen LogP contribution in [-0.2, 0) is 30.4 Å². The van der Waals surface area contributed by atoms with E-state index in [9.17, 15) is 19.2 Å². The highest BCUT2D eigenvalue weighted by Gasteiger charge is 2.34. The molecule has 272 valence electrons. The third kappa shape index (κ3) is 8.62. The van der Waals surface area contributed by atoms with Gasteiger partial charge in [-0.2, -0.15) is 0 Å². The van der Waals surface area contributed by atoms with E-state index in [-0.39, 0.29) is 36.9 Å². The number of carbonyl (C=O) groups is 3. The standard InChI is InChI=1S/C38H37BrN2O10S/c1-6-47-30-19-26(14-16-29(30)51-21-32(42)46-5)34-33(37(45)49-8-3)22(4)40-38-41(34)35(43)31(52-38)18-24-11-15-28(27(39)17-24)50-20-23-9-12-25(13-10-23)36(44)48-7-2/h9-19,34H,6-8,20-21H2,1-5H3/b31-18+/t34-/m0/s1. The Morgan fingerprint density at radius 2 is 1.58 bits per heavy atom. The number of hydrogen-bond donors (Lipinski definition) is 0. The highest BCUT2D eigenvalue weighted by Crippen LogP contribution is 2.36. The van der Waals surface area contributed by atoms with E-state index >= 15 is 0 Å². The smallest absolute Gasteiger partial charge is 0.343 e. The van der Waals surface area contributed by atoms with E-state index in [4.69, 9.17) is 23.7 Å². The predicted molar refractivity (Wildman–Crippen MR) is 196 cm³/mol. The summed E-state index contributed by atoms with van der Waals surface area (Å²) in [5, 5.41) is 0. The monoisotopic (exact) mass is 792 g/mol. The lowest BCUT2D eigenvalue weighted by molar-refractivity contribution is -0.143. The van der Waals surface area contributed by atoms with Gasteiger partial charge in [0, 0.05) is 0 Å². The molecule has 0 bridgehead atoms. The number of esters is 3. The van der Waals surface area contributed by atoms with Crippen LogP contribution < -0.4 is 29.1 Å². The third-order valence-electron chi connectivity index (χ3n) is 7.79. The quantitative estimate of drug-likeness (QED) is 0.123. The van der Waals surface area contributed by atoms with Crippen LogP contribution in [0.1, 0.15) is 60.8 Å². The molecule has 0 radical (unpaired) electrons. The summed E-state index contributed by atoms with van der Waals surface area (Å²) in [5.41, 5.74) is 2.90. The summed E-state index contributed by atoms with van der Waals surface area (Å²) in [5.74, 6) is -0.320. The van der Waals surface area contributed by atoms with Gasteiger partial charge >= 0.3 is 17.9 Å². The Bertz CT molecular complexity index is 2190. The zero-order chi connectivity index (χ0) is 37.4. The number of halogens is 1. The molecule has 1 aromatic heterocycles. The van der Waals surface area contributed by atoms with Gasteiger partial charge in [0.05, 0.1) is 58.8 Å². The molecule has 12 nitrogen and oxygen atoms in total. The minimum Gasteiger partial charge on any atom is -0.490 e. The number of hydrogen-bond acceptors (Lipinski definition) is 12. The molecule has 4 aromatic rings. The molecular weight excluding hydrogens is 756 g/mol. The van der Waals surface area contributed by atoms with Gasteiger partial charge in [-0.05, 0) is 103 Å². The van der Waals surface area contributed by atoms with Crippen molar-refractivity contribution >= 4 is 51.3 Å². The van der Waals surface area contributed by atoms with Gasteiger partial charge in [-0.25, -0.2) is 19.4 Å². The molecule has 1 aliphatic rings. The summed E-state index contributed by atoms with van der Waals surface area (Å²) in [6.45, 7) is 7.65. The number of fused-ring (bicyclic) bond motifs is 1. The Labute approximate surface area is 312 Å². The van der Waals surface area contributed by atoms with Crippen molar-refractivity contribution in [2.75, 3.05) is 33.5 Å². The zero-order valence-electron chi connectivity index (χ0n) is 29.2. The Hall–Kier alpha value is -5.21. The minimum absolute atomic E-state index is 0.133. The number of methoxy groups -OCH3 is 1. The Kier molecular flexibility index (Phi) is 12.7. The fourth-order valence-corrected chi connectivity index (χ4v) is 6.93. The van der Waals surface area contributed by atoms with Crippen molar-refractivity contribution < 1.29 is 42.8 Å². The average molecular weight is 794 g/mol. The molecule has 5 rings (SSSR count). The highest BCUT2D eigenvalue weighted by molar-refractivity contribution is 9.10. The first-order chi connectivity index (χ1) is 25.1. The first kappa shape index (κ1) is 38.0. The van der Waals surface area contributed by atoms with E-state index in [1.54, 1.807) is 70.2 Å². The van der Waals surface area contributed by atoms with Crippen molar-refractivity contribution in [1.29, 1.82) is 0 Å². The Balaban J connectivity index is 1.47. The van der Waals surface area contributed by atoms with Gasteiger partial charge in [0.25, 0.3) is 5.56 Å². The summed E-state index contributed by atoms with van der Waals surface area (Å²) in [6.07, 6.45) is 1.75. The lowest BCUT2D eigenvalue weighted by Crippen LogP contribution is -2.40. The van der Waals surface area contributed by atoms with Crippen LogP contribution >= 0.6 is 27.3 Å². The topological polar surface area (TPSA) is 141 Å². The van der Waals surface area contributed by atoms with E-state index < -0.39 is 18.0 Å². The number of aromatic nitrogens is 1. The number of ether oxygens (including phenoxy) is 6. The van der Waals surface area contributed by atoms with Crippen LogP contribution in [0.3, 0.4) is 0 Å². The number of nitrogens with zero attached hydrogens (tertiary/aromatic N) is 2. The molecule has 1 aliphatic heterocycles. The Morgan fingerprint density at radius 1 is 0.865 bits per heavy atom. The lowest BCUT2D eigenvalue weighted by atomic mass is 9.95. The largest absolute Gasteiger partial charge is 0.490 e. The molecule has 2 heterocycles. The van der Waals surface area contributed by atoms with Crippen molar-refractivity contribution in [1.82, 2.24) is 4.57 Å². The SMILES string of the molecule is CCOC(=O)C1=C(C)N=c2s/c(=C/c3ccc(OCc4ccc(C(=O)OCC)cc4)c(Br)c3)c(=O)n2[C@H]1c1ccc(OCC(=O)OC)c(OCC)c1. The number of rotatable bonds is 14. The number of benzene rings is 3. The molecule has 0 saturated carbocycles. The molecule has 0 saturated heterocycles. The normalized spacial score (nSPS) is 13.9. The van der Waals surface area contributed by atoms with Crippen molar-refractivity contribution in [2.24, 2.45) is 4.99 Å². The molecule has 3 aromatic carbocycles. The molecule has 52 heavy (non-hydrogen) atoms. The van der Waals surface area contributed by atoms with E-state index in [2.05, 4.69) is 25.7 Å². The molecule has 14 heteroatoms. The summed E-state index contributed by atoms with van der Waals surface area (Å²) < 4.78 is 35.2. The average Bonchev–Trinajstić information content (AvgIpc) is 3.43. The van der Waals surface area contributed by atoms with Crippen LogP contribution in [0.5, 0.6) is 17.2 Å². The van der Waals surface area contributed by atoms with Crippen LogP contribution in [0.15, 0.2) is 86.2 Å². The van der Waals surface area contributed by atoms with Gasteiger partial charge in [-0.15, -0.1) is 0 Å². The Morgan fingerprint density at radius 3 is 2.25 bits per heavy atom. The zero-order valence-corrected chi connectivity index (χ0v) is 31.6. The summed E-state index contributed by atoms with van der Waals surface area (Å²) >= 11 is 4.78. The van der Waals surface area contributed by atoms with Crippen LogP contribution in [0, 0.1) is 0 Å². The summed E-state index contributed by atoms with van der Waals surface area (Å²) in [4.78, 5) is 56.3. The highest BCUT2D eigenvalue weighted by atomic mass is 79.9. The fraction of sp³-hybridized carbons (Fsp3) is 0.289. The van der Waals surface area contributed by atoms with Crippen LogP contribution in [-0.4, -0.2) is 56.0 Å². The van der Waals surface area contributed by atoms with Crippen molar-refractivity contribution in [3.63, 3.8) is 0 Å². The molecule has 1 atom stereocenters. The predicted octanol–water partition coefficient (Wildman–Crippen LogP) is 5.27. The van der Waals surface area contributed by atoms with E-state index in [1.165, 1.54) is 23.0 Å². The second kappa shape index (κ2) is 17.3. The van der Waals surface area contributed by atoms with Crippen LogP contribution in [0.2, 0.25) is 0 Å². The second-order valence-electron chi connectivity index (χ2n) is 11.2. The van der Waals surface area contributed by atoms with Gasteiger partial charge in [0.2, 0.25) is 0 Å². The van der Waals surface area contributed by atoms with Gasteiger partial charge in [-0.1, -0.05) is 35.6 Å². The van der Waals surface area contributed by atoms with E-state index in [0.717, 1.165) is 11.1 Å². The maximum Gasteiger partial charge on any atom is 0.343 e. The first-order valence-electron chi connectivity index (χ1n) is 16.4. The number of thiazole rings is 1.